The third kappa shape index (κ3) is 2.30. The minimum Gasteiger partial charge on any atom is -0.444 e. The van der Waals surface area contributed by atoms with Crippen molar-refractivity contribution in [3.05, 3.63) is 57.6 Å². The van der Waals surface area contributed by atoms with Crippen LogP contribution in [-0.4, -0.2) is 5.78 Å². The van der Waals surface area contributed by atoms with Gasteiger partial charge in [-0.2, -0.15) is 5.26 Å². The lowest BCUT2D eigenvalue weighted by Gasteiger charge is -2.30. The summed E-state index contributed by atoms with van der Waals surface area (Å²) in [6, 6.07) is 9.19. The molecule has 1 aromatic rings. The highest BCUT2D eigenvalue weighted by Crippen LogP contribution is 2.43. The molecular formula is C16H13ClN2O2. The van der Waals surface area contributed by atoms with E-state index in [-0.39, 0.29) is 17.2 Å². The zero-order valence-corrected chi connectivity index (χ0v) is 12.0. The number of hydrogen-bond acceptors (Lipinski definition) is 4. The van der Waals surface area contributed by atoms with Crippen LogP contribution in [0.4, 0.5) is 0 Å². The van der Waals surface area contributed by atoms with Gasteiger partial charge in [0.2, 0.25) is 5.88 Å². The molecule has 0 bridgehead atoms. The maximum absolute atomic E-state index is 12.3. The molecule has 0 fully saturated rings. The van der Waals surface area contributed by atoms with Crippen molar-refractivity contribution in [1.29, 1.82) is 5.26 Å². The number of nitrogens with two attached hydrogens (primary N) is 1. The van der Waals surface area contributed by atoms with E-state index in [2.05, 4.69) is 6.07 Å². The molecule has 2 N–H and O–H groups in total. The van der Waals surface area contributed by atoms with Crippen LogP contribution in [-0.2, 0) is 9.53 Å². The molecule has 1 unspecified atom stereocenters. The molecule has 2 aliphatic rings. The number of halogens is 1. The predicted octanol–water partition coefficient (Wildman–Crippen LogP) is 3.15. The lowest BCUT2D eigenvalue weighted by atomic mass is 9.78. The Morgan fingerprint density at radius 3 is 2.67 bits per heavy atom. The molecule has 1 atom stereocenters. The van der Waals surface area contributed by atoms with E-state index in [0.29, 0.717) is 29.2 Å². The smallest absolute Gasteiger partial charge is 0.205 e. The number of rotatable bonds is 1. The zero-order valence-electron chi connectivity index (χ0n) is 11.2. The van der Waals surface area contributed by atoms with Crippen molar-refractivity contribution in [2.24, 2.45) is 5.73 Å². The van der Waals surface area contributed by atoms with Crippen molar-refractivity contribution < 1.29 is 9.53 Å². The summed E-state index contributed by atoms with van der Waals surface area (Å²) in [4.78, 5) is 12.3. The van der Waals surface area contributed by atoms with Crippen LogP contribution in [0.5, 0.6) is 0 Å². The summed E-state index contributed by atoms with van der Waals surface area (Å²) in [6.45, 7) is 0. The van der Waals surface area contributed by atoms with Gasteiger partial charge in [-0.15, -0.1) is 0 Å². The first-order valence-corrected chi connectivity index (χ1v) is 7.09. The summed E-state index contributed by atoms with van der Waals surface area (Å²) in [5.41, 5.74) is 7.53. The molecule has 1 aliphatic carbocycles. The predicted molar refractivity (Wildman–Crippen MR) is 78.0 cm³/mol. The molecule has 0 spiro atoms. The average molecular weight is 301 g/mol. The Hall–Kier alpha value is -2.25. The molecule has 106 valence electrons. The second-order valence-corrected chi connectivity index (χ2v) is 5.53. The molecule has 3 rings (SSSR count). The number of carbonyl (C=O) groups excluding carboxylic acids is 1. The van der Waals surface area contributed by atoms with Gasteiger partial charge >= 0.3 is 0 Å². The van der Waals surface area contributed by atoms with Crippen LogP contribution < -0.4 is 5.73 Å². The van der Waals surface area contributed by atoms with E-state index in [9.17, 15) is 10.1 Å². The Kier molecular flexibility index (Phi) is 3.44. The summed E-state index contributed by atoms with van der Waals surface area (Å²) >= 11 is 5.91. The molecule has 21 heavy (non-hydrogen) atoms. The molecule has 0 aromatic heterocycles. The number of Topliss-reactive ketones (excluding diaryl/α,β-unsaturated/α-hetero) is 1. The van der Waals surface area contributed by atoms with Gasteiger partial charge in [-0.3, -0.25) is 4.79 Å². The standard InChI is InChI=1S/C16H13ClN2O2/c17-10-6-4-9(5-7-10)14-11(8-18)16(19)21-13-3-1-2-12(20)15(13)14/h4-7,14H,1-3,19H2. The van der Waals surface area contributed by atoms with E-state index < -0.39 is 5.92 Å². The van der Waals surface area contributed by atoms with Gasteiger partial charge in [-0.05, 0) is 24.1 Å². The highest BCUT2D eigenvalue weighted by atomic mass is 35.5. The minimum absolute atomic E-state index is 0.0245. The van der Waals surface area contributed by atoms with E-state index >= 15 is 0 Å². The fraction of sp³-hybridized carbons (Fsp3) is 0.250. The molecule has 0 saturated carbocycles. The van der Waals surface area contributed by atoms with E-state index in [4.69, 9.17) is 22.1 Å². The van der Waals surface area contributed by atoms with Crippen molar-refractivity contribution in [2.45, 2.75) is 25.2 Å². The molecule has 1 heterocycles. The van der Waals surface area contributed by atoms with Crippen LogP contribution in [0.1, 0.15) is 30.7 Å². The highest BCUT2D eigenvalue weighted by Gasteiger charge is 2.37. The van der Waals surface area contributed by atoms with Crippen LogP contribution in [0, 0.1) is 11.3 Å². The molecule has 1 aromatic carbocycles. The van der Waals surface area contributed by atoms with Gasteiger partial charge in [0.15, 0.2) is 5.78 Å². The summed E-state index contributed by atoms with van der Waals surface area (Å²) in [5, 5.41) is 10.00. The number of allylic oxidation sites excluding steroid dienone is 3. The Labute approximate surface area is 127 Å². The number of benzene rings is 1. The quantitative estimate of drug-likeness (QED) is 0.864. The molecule has 5 heteroatoms. The highest BCUT2D eigenvalue weighted by molar-refractivity contribution is 6.30. The average Bonchev–Trinajstić information content (AvgIpc) is 2.47. The van der Waals surface area contributed by atoms with Crippen LogP contribution in [0.15, 0.2) is 47.1 Å². The van der Waals surface area contributed by atoms with Gasteiger partial charge in [0, 0.05) is 23.4 Å². The van der Waals surface area contributed by atoms with Gasteiger partial charge in [0.1, 0.15) is 17.4 Å². The minimum atomic E-state index is -0.455. The maximum atomic E-state index is 12.3. The summed E-state index contributed by atoms with van der Waals surface area (Å²) in [5.74, 6) is 0.258. The normalized spacial score (nSPS) is 21.7. The van der Waals surface area contributed by atoms with Crippen LogP contribution in [0.25, 0.3) is 0 Å². The van der Waals surface area contributed by atoms with Gasteiger partial charge in [0.05, 0.1) is 5.92 Å². The van der Waals surface area contributed by atoms with Gasteiger partial charge in [0.25, 0.3) is 0 Å². The third-order valence-corrected chi connectivity index (χ3v) is 4.06. The zero-order chi connectivity index (χ0) is 15.0. The van der Waals surface area contributed by atoms with Crippen molar-refractivity contribution in [2.75, 3.05) is 0 Å². The van der Waals surface area contributed by atoms with Gasteiger partial charge in [-0.1, -0.05) is 23.7 Å². The number of ether oxygens (including phenoxy) is 1. The van der Waals surface area contributed by atoms with Crippen LogP contribution in [0.2, 0.25) is 5.02 Å². The Morgan fingerprint density at radius 2 is 2.00 bits per heavy atom. The maximum Gasteiger partial charge on any atom is 0.205 e. The summed E-state index contributed by atoms with van der Waals surface area (Å²) in [6.07, 6.45) is 1.90. The number of nitriles is 1. The SMILES string of the molecule is N#CC1=C(N)OC2=C(C(=O)CCC2)C1c1ccc(Cl)cc1. The number of ketones is 1. The number of carbonyl (C=O) groups is 1. The fourth-order valence-electron chi connectivity index (χ4n) is 2.84. The lowest BCUT2D eigenvalue weighted by Crippen LogP contribution is -2.27. The summed E-state index contributed by atoms with van der Waals surface area (Å²) in [7, 11) is 0. The van der Waals surface area contributed by atoms with E-state index in [1.807, 2.05) is 12.1 Å². The Morgan fingerprint density at radius 1 is 1.29 bits per heavy atom. The molecule has 4 nitrogen and oxygen atoms in total. The second kappa shape index (κ2) is 5.27. The summed E-state index contributed by atoms with van der Waals surface area (Å²) < 4.78 is 5.51. The number of hydrogen-bond donors (Lipinski definition) is 1. The van der Waals surface area contributed by atoms with Crippen molar-refractivity contribution in [1.82, 2.24) is 0 Å². The monoisotopic (exact) mass is 300 g/mol. The van der Waals surface area contributed by atoms with Crippen molar-refractivity contribution >= 4 is 17.4 Å². The van der Waals surface area contributed by atoms with Crippen LogP contribution >= 0.6 is 11.6 Å². The van der Waals surface area contributed by atoms with E-state index in [1.54, 1.807) is 12.1 Å². The third-order valence-electron chi connectivity index (χ3n) is 3.81. The lowest BCUT2D eigenvalue weighted by molar-refractivity contribution is -0.116. The number of nitrogens with zero attached hydrogens (tertiary/aromatic N) is 1. The van der Waals surface area contributed by atoms with Gasteiger partial charge < -0.3 is 10.5 Å². The van der Waals surface area contributed by atoms with Crippen LogP contribution in [0.3, 0.4) is 0 Å². The Balaban J connectivity index is 2.17. The van der Waals surface area contributed by atoms with Crippen molar-refractivity contribution in [3.8, 4) is 6.07 Å². The van der Waals surface area contributed by atoms with Gasteiger partial charge in [-0.25, -0.2) is 0 Å². The molecule has 1 aliphatic heterocycles. The molecular weight excluding hydrogens is 288 g/mol. The molecule has 0 radical (unpaired) electrons. The Bertz CT molecular complexity index is 711. The second-order valence-electron chi connectivity index (χ2n) is 5.09. The largest absolute Gasteiger partial charge is 0.444 e. The van der Waals surface area contributed by atoms with E-state index in [1.165, 1.54) is 0 Å². The topological polar surface area (TPSA) is 76.1 Å². The first kappa shape index (κ1) is 13.7. The molecule has 0 saturated heterocycles. The van der Waals surface area contributed by atoms with Crippen molar-refractivity contribution in [3.63, 3.8) is 0 Å². The first-order valence-electron chi connectivity index (χ1n) is 6.71. The van der Waals surface area contributed by atoms with E-state index in [0.717, 1.165) is 12.0 Å². The molecule has 0 amide bonds. The first-order chi connectivity index (χ1) is 10.1. The fourth-order valence-corrected chi connectivity index (χ4v) is 2.97.